The van der Waals surface area contributed by atoms with Crippen LogP contribution in [-0.2, 0) is 0 Å². The van der Waals surface area contributed by atoms with Crippen molar-refractivity contribution in [2.75, 3.05) is 4.90 Å². The van der Waals surface area contributed by atoms with Crippen molar-refractivity contribution in [1.29, 1.82) is 0 Å². The molecule has 3 heteroatoms. The van der Waals surface area contributed by atoms with Gasteiger partial charge in [-0.1, -0.05) is 76.8 Å². The summed E-state index contributed by atoms with van der Waals surface area (Å²) in [5.41, 5.74) is 4.58. The Morgan fingerprint density at radius 1 is 0.793 bits per heavy atom. The van der Waals surface area contributed by atoms with E-state index in [1.807, 2.05) is 18.4 Å². The van der Waals surface area contributed by atoms with E-state index in [2.05, 4.69) is 120 Å². The molecule has 0 bridgehead atoms. The van der Waals surface area contributed by atoms with Crippen molar-refractivity contribution < 1.29 is 0 Å². The second-order valence-corrected chi connectivity index (χ2v) is 7.96. The molecule has 0 heterocycles. The third-order valence-corrected chi connectivity index (χ3v) is 5.40. The zero-order chi connectivity index (χ0) is 21.1. The van der Waals surface area contributed by atoms with E-state index >= 15 is 0 Å². The van der Waals surface area contributed by atoms with Crippen LogP contribution in [0.5, 0.6) is 0 Å². The first-order chi connectivity index (χ1) is 14.1. The minimum absolute atomic E-state index is 1.07. The molecule has 0 saturated heterocycles. The van der Waals surface area contributed by atoms with Crippen molar-refractivity contribution in [1.82, 2.24) is 0 Å². The molecule has 0 atom stereocenters. The zero-order valence-corrected chi connectivity index (χ0v) is 19.3. The Balaban J connectivity index is 0.000000941. The Kier molecular flexibility index (Phi) is 9.55. The Morgan fingerprint density at radius 2 is 1.28 bits per heavy atom. The quantitative estimate of drug-likeness (QED) is 0.334. The molecule has 0 radical (unpaired) electrons. The molecule has 0 saturated carbocycles. The van der Waals surface area contributed by atoms with E-state index in [0.29, 0.717) is 0 Å². The molecule has 0 aromatic heterocycles. The minimum atomic E-state index is 1.07. The van der Waals surface area contributed by atoms with Crippen molar-refractivity contribution in [3.63, 3.8) is 0 Å². The third kappa shape index (κ3) is 6.52. The fourth-order valence-corrected chi connectivity index (χ4v) is 3.63. The van der Waals surface area contributed by atoms with Crippen molar-refractivity contribution in [2.45, 2.75) is 13.8 Å². The standard InChI is InChI=1S/C23H20BrNS.C3H6/c1-3-23(26-4-2)18-10-14-21(15-11-18)25(20-8-6-5-7-9-20)22-16-12-19(24)13-17-22;1-3-2/h3-17H,2H2,1H3;3H,1H2,2H3/b23-3-;. The number of hydrogen-bond donors (Lipinski definition) is 0. The van der Waals surface area contributed by atoms with Crippen molar-refractivity contribution in [3.8, 4) is 0 Å². The summed E-state index contributed by atoms with van der Waals surface area (Å²) in [6, 6.07) is 27.4. The number of nitrogens with zero attached hydrogens (tertiary/aromatic N) is 1. The van der Waals surface area contributed by atoms with Crippen LogP contribution in [0.4, 0.5) is 17.1 Å². The normalized spacial score (nSPS) is 10.5. The highest BCUT2D eigenvalue weighted by atomic mass is 79.9. The Hall–Kier alpha value is -2.49. The maximum atomic E-state index is 3.82. The lowest BCUT2D eigenvalue weighted by atomic mass is 10.1. The molecular weight excluding hydrogens is 438 g/mol. The fraction of sp³-hybridized carbons (Fsp3) is 0.0769. The SMILES string of the molecule is C=CC.C=CS/C(=C\C)c1ccc(N(c2ccccc2)c2ccc(Br)cc2)cc1. The molecule has 0 N–H and O–H groups in total. The molecule has 148 valence electrons. The van der Waals surface area contributed by atoms with Gasteiger partial charge < -0.3 is 4.90 Å². The third-order valence-electron chi connectivity index (χ3n) is 3.98. The summed E-state index contributed by atoms with van der Waals surface area (Å²) < 4.78 is 1.07. The van der Waals surface area contributed by atoms with Crippen LogP contribution >= 0.6 is 27.7 Å². The molecule has 0 fully saturated rings. The topological polar surface area (TPSA) is 3.24 Å². The summed E-state index contributed by atoms with van der Waals surface area (Å²) in [6.45, 7) is 11.1. The maximum absolute atomic E-state index is 3.82. The van der Waals surface area contributed by atoms with E-state index < -0.39 is 0 Å². The van der Waals surface area contributed by atoms with Gasteiger partial charge in [-0.3, -0.25) is 0 Å². The average molecular weight is 464 g/mol. The van der Waals surface area contributed by atoms with Gasteiger partial charge in [0, 0.05) is 26.4 Å². The maximum Gasteiger partial charge on any atom is 0.0462 e. The van der Waals surface area contributed by atoms with Gasteiger partial charge in [0.15, 0.2) is 0 Å². The molecule has 0 unspecified atom stereocenters. The summed E-state index contributed by atoms with van der Waals surface area (Å²) in [5.74, 6) is 0. The Bertz CT molecular complexity index is 929. The Morgan fingerprint density at radius 3 is 1.76 bits per heavy atom. The Labute approximate surface area is 187 Å². The van der Waals surface area contributed by atoms with Crippen molar-refractivity contribution >= 4 is 49.7 Å². The highest BCUT2D eigenvalue weighted by molar-refractivity contribution is 9.10. The van der Waals surface area contributed by atoms with E-state index in [-0.39, 0.29) is 0 Å². The summed E-state index contributed by atoms with van der Waals surface area (Å²) >= 11 is 5.16. The predicted molar refractivity (Wildman–Crippen MR) is 136 cm³/mol. The molecule has 0 aliphatic carbocycles. The van der Waals surface area contributed by atoms with E-state index in [1.54, 1.807) is 17.8 Å². The molecule has 3 rings (SSSR count). The molecule has 3 aromatic carbocycles. The van der Waals surface area contributed by atoms with Gasteiger partial charge in [-0.2, -0.15) is 0 Å². The summed E-state index contributed by atoms with van der Waals surface area (Å²) in [7, 11) is 0. The van der Waals surface area contributed by atoms with Crippen molar-refractivity contribution in [2.24, 2.45) is 0 Å². The zero-order valence-electron chi connectivity index (χ0n) is 16.9. The first-order valence-electron chi connectivity index (χ1n) is 9.36. The number of thioether (sulfide) groups is 1. The predicted octanol–water partition coefficient (Wildman–Crippen LogP) is 9.35. The van der Waals surface area contributed by atoms with Crippen LogP contribution in [0.2, 0.25) is 0 Å². The van der Waals surface area contributed by atoms with Crippen LogP contribution in [0.3, 0.4) is 0 Å². The lowest BCUT2D eigenvalue weighted by Gasteiger charge is -2.25. The van der Waals surface area contributed by atoms with Crippen LogP contribution < -0.4 is 4.90 Å². The molecule has 29 heavy (non-hydrogen) atoms. The lowest BCUT2D eigenvalue weighted by Crippen LogP contribution is -2.09. The summed E-state index contributed by atoms with van der Waals surface area (Å²) in [4.78, 5) is 3.47. The van der Waals surface area contributed by atoms with E-state index in [1.165, 1.54) is 10.5 Å². The van der Waals surface area contributed by atoms with Gasteiger partial charge in [0.05, 0.1) is 0 Å². The first-order valence-corrected chi connectivity index (χ1v) is 11.0. The minimum Gasteiger partial charge on any atom is -0.311 e. The number of benzene rings is 3. The average Bonchev–Trinajstić information content (AvgIpc) is 2.75. The number of anilines is 3. The fourth-order valence-electron chi connectivity index (χ4n) is 2.78. The highest BCUT2D eigenvalue weighted by Crippen LogP contribution is 2.36. The first kappa shape index (κ1) is 22.8. The van der Waals surface area contributed by atoms with Gasteiger partial charge >= 0.3 is 0 Å². The van der Waals surface area contributed by atoms with E-state index in [4.69, 9.17) is 0 Å². The van der Waals surface area contributed by atoms with Crippen LogP contribution in [0.15, 0.2) is 114 Å². The number of halogens is 1. The summed E-state index contributed by atoms with van der Waals surface area (Å²) in [5, 5.41) is 1.86. The number of hydrogen-bond acceptors (Lipinski definition) is 2. The monoisotopic (exact) mass is 463 g/mol. The van der Waals surface area contributed by atoms with Crippen molar-refractivity contribution in [3.05, 3.63) is 120 Å². The number of para-hydroxylation sites is 1. The van der Waals surface area contributed by atoms with Crippen LogP contribution in [0, 0.1) is 0 Å². The van der Waals surface area contributed by atoms with Gasteiger partial charge in [0.25, 0.3) is 0 Å². The van der Waals surface area contributed by atoms with Gasteiger partial charge in [-0.15, -0.1) is 6.58 Å². The molecule has 0 spiro atoms. The van der Waals surface area contributed by atoms with Crippen LogP contribution in [-0.4, -0.2) is 0 Å². The molecule has 0 aliphatic heterocycles. The molecule has 1 nitrogen and oxygen atoms in total. The van der Waals surface area contributed by atoms with E-state index in [0.717, 1.165) is 21.5 Å². The number of allylic oxidation sites excluding steroid dienone is 2. The lowest BCUT2D eigenvalue weighted by molar-refractivity contribution is 1.28. The van der Waals surface area contributed by atoms with Crippen LogP contribution in [0.25, 0.3) is 4.91 Å². The molecular formula is C26H26BrNS. The second-order valence-electron chi connectivity index (χ2n) is 6.04. The van der Waals surface area contributed by atoms with Gasteiger partial charge in [-0.25, -0.2) is 0 Å². The molecule has 0 aliphatic rings. The summed E-state index contributed by atoms with van der Waals surface area (Å²) in [6.07, 6.45) is 3.87. The van der Waals surface area contributed by atoms with E-state index in [9.17, 15) is 0 Å². The molecule has 3 aromatic rings. The smallest absolute Gasteiger partial charge is 0.0462 e. The van der Waals surface area contributed by atoms with Gasteiger partial charge in [0.2, 0.25) is 0 Å². The second kappa shape index (κ2) is 12.2. The van der Waals surface area contributed by atoms with Gasteiger partial charge in [-0.05, 0) is 73.3 Å². The highest BCUT2D eigenvalue weighted by Gasteiger charge is 2.12. The van der Waals surface area contributed by atoms with Gasteiger partial charge in [0.1, 0.15) is 0 Å². The molecule has 0 amide bonds. The largest absolute Gasteiger partial charge is 0.311 e. The number of rotatable bonds is 6. The van der Waals surface area contributed by atoms with Crippen LogP contribution in [0.1, 0.15) is 19.4 Å².